The molecule has 14 heavy (non-hydrogen) atoms. The van der Waals surface area contributed by atoms with E-state index in [2.05, 4.69) is 21.4 Å². The van der Waals surface area contributed by atoms with E-state index in [1.807, 2.05) is 6.92 Å². The summed E-state index contributed by atoms with van der Waals surface area (Å²) in [5.41, 5.74) is 0. The Hall–Kier alpha value is -1.52. The van der Waals surface area contributed by atoms with Crippen LogP contribution in [0.1, 0.15) is 20.3 Å². The zero-order chi connectivity index (χ0) is 11.0. The topological polar surface area (TPSA) is 64.6 Å². The highest BCUT2D eigenvalue weighted by atomic mass is 16.6. The van der Waals surface area contributed by atoms with Crippen molar-refractivity contribution in [2.24, 2.45) is 0 Å². The average molecular weight is 200 g/mol. The molecule has 0 bridgehead atoms. The molecule has 1 radical (unpaired) electrons. The van der Waals surface area contributed by atoms with Gasteiger partial charge in [-0.2, -0.15) is 0 Å². The molecule has 0 saturated carbocycles. The number of ether oxygens (including phenoxy) is 2. The van der Waals surface area contributed by atoms with Gasteiger partial charge in [-0.3, -0.25) is 5.32 Å². The molecule has 0 aliphatic heterocycles. The van der Waals surface area contributed by atoms with Crippen molar-refractivity contribution in [1.29, 1.82) is 0 Å². The summed E-state index contributed by atoms with van der Waals surface area (Å²) in [6.07, 6.45) is 0.241. The summed E-state index contributed by atoms with van der Waals surface area (Å²) in [6, 6.07) is 0. The maximum absolute atomic E-state index is 10.9. The van der Waals surface area contributed by atoms with Gasteiger partial charge >= 0.3 is 12.1 Å². The van der Waals surface area contributed by atoms with Crippen molar-refractivity contribution in [2.45, 2.75) is 26.5 Å². The summed E-state index contributed by atoms with van der Waals surface area (Å²) >= 11 is 0. The van der Waals surface area contributed by atoms with Gasteiger partial charge in [-0.05, 0) is 13.3 Å². The van der Waals surface area contributed by atoms with Crippen molar-refractivity contribution < 1.29 is 19.1 Å². The van der Waals surface area contributed by atoms with E-state index in [1.165, 1.54) is 13.5 Å². The lowest BCUT2D eigenvalue weighted by atomic mass is 10.5. The molecule has 0 aliphatic carbocycles. The summed E-state index contributed by atoms with van der Waals surface area (Å²) < 4.78 is 9.25. The zero-order valence-corrected chi connectivity index (χ0v) is 8.28. The second kappa shape index (κ2) is 6.94. The highest BCUT2D eigenvalue weighted by molar-refractivity contribution is 5.81. The van der Waals surface area contributed by atoms with Gasteiger partial charge in [0.15, 0.2) is 6.23 Å². The molecule has 5 nitrogen and oxygen atoms in total. The van der Waals surface area contributed by atoms with E-state index in [0.29, 0.717) is 6.42 Å². The molecule has 1 amide bonds. The highest BCUT2D eigenvalue weighted by Crippen LogP contribution is 1.92. The third-order valence-corrected chi connectivity index (χ3v) is 1.14. The third-order valence-electron chi connectivity index (χ3n) is 1.14. The first-order valence-electron chi connectivity index (χ1n) is 4.22. The van der Waals surface area contributed by atoms with Gasteiger partial charge in [0.2, 0.25) is 0 Å². The minimum atomic E-state index is -0.738. The lowest BCUT2D eigenvalue weighted by molar-refractivity contribution is -0.143. The zero-order valence-electron chi connectivity index (χ0n) is 8.28. The maximum Gasteiger partial charge on any atom is 0.410 e. The summed E-state index contributed by atoms with van der Waals surface area (Å²) in [7, 11) is 0. The van der Waals surface area contributed by atoms with Crippen LogP contribution in [0.4, 0.5) is 4.79 Å². The molecule has 0 spiro atoms. The van der Waals surface area contributed by atoms with Gasteiger partial charge in [-0.1, -0.05) is 13.5 Å². The van der Waals surface area contributed by atoms with Crippen LogP contribution in [-0.2, 0) is 14.3 Å². The van der Waals surface area contributed by atoms with Gasteiger partial charge in [-0.15, -0.1) is 0 Å². The number of amides is 1. The Labute approximate surface area is 83.1 Å². The van der Waals surface area contributed by atoms with Crippen LogP contribution in [0, 0.1) is 6.61 Å². The first kappa shape index (κ1) is 12.5. The average Bonchev–Trinajstić information content (AvgIpc) is 2.14. The largest absolute Gasteiger partial charge is 0.442 e. The normalized spacial score (nSPS) is 11.3. The van der Waals surface area contributed by atoms with E-state index >= 15 is 0 Å². The lowest BCUT2D eigenvalue weighted by Gasteiger charge is -2.13. The molecular formula is C9H14NO4. The Morgan fingerprint density at radius 2 is 2.21 bits per heavy atom. The second-order valence-electron chi connectivity index (χ2n) is 2.41. The number of carbonyl (C=O) groups excluding carboxylic acids is 2. The van der Waals surface area contributed by atoms with Gasteiger partial charge in [0.1, 0.15) is 6.61 Å². The Morgan fingerprint density at radius 3 is 2.71 bits per heavy atom. The highest BCUT2D eigenvalue weighted by Gasteiger charge is 2.10. The lowest BCUT2D eigenvalue weighted by Crippen LogP contribution is -2.35. The molecule has 1 N–H and O–H groups in total. The number of nitrogens with one attached hydrogen (secondary N) is 1. The predicted octanol–water partition coefficient (Wildman–Crippen LogP) is 1.36. The molecular weight excluding hydrogens is 186 g/mol. The van der Waals surface area contributed by atoms with Crippen molar-refractivity contribution in [2.75, 3.05) is 0 Å². The molecule has 0 heterocycles. The van der Waals surface area contributed by atoms with Crippen molar-refractivity contribution in [3.05, 3.63) is 19.3 Å². The van der Waals surface area contributed by atoms with Gasteiger partial charge in [0.25, 0.3) is 0 Å². The van der Waals surface area contributed by atoms with Crippen LogP contribution in [-0.4, -0.2) is 18.3 Å². The van der Waals surface area contributed by atoms with Gasteiger partial charge in [0.05, 0.1) is 0 Å². The van der Waals surface area contributed by atoms with E-state index in [4.69, 9.17) is 0 Å². The molecule has 0 rings (SSSR count). The molecule has 0 aliphatic rings. The van der Waals surface area contributed by atoms with E-state index in [9.17, 15) is 9.59 Å². The summed E-state index contributed by atoms with van der Waals surface area (Å²) in [6.45, 7) is 7.90. The smallest absolute Gasteiger partial charge is 0.410 e. The quantitative estimate of drug-likeness (QED) is 0.413. The second-order valence-corrected chi connectivity index (χ2v) is 2.41. The fraction of sp³-hybridized carbons (Fsp3) is 0.444. The van der Waals surface area contributed by atoms with Crippen molar-refractivity contribution in [3.63, 3.8) is 0 Å². The van der Waals surface area contributed by atoms with E-state index in [-0.39, 0.29) is 0 Å². The first-order valence-corrected chi connectivity index (χ1v) is 4.22. The van der Waals surface area contributed by atoms with Gasteiger partial charge < -0.3 is 9.47 Å². The van der Waals surface area contributed by atoms with Gasteiger partial charge in [0, 0.05) is 6.08 Å². The van der Waals surface area contributed by atoms with Crippen molar-refractivity contribution in [1.82, 2.24) is 5.32 Å². The van der Waals surface area contributed by atoms with Crippen LogP contribution < -0.4 is 5.32 Å². The Balaban J connectivity index is 3.70. The maximum atomic E-state index is 10.9. The number of rotatable bonds is 5. The van der Waals surface area contributed by atoms with Crippen LogP contribution in [0.3, 0.4) is 0 Å². The monoisotopic (exact) mass is 200 g/mol. The molecule has 1 unspecified atom stereocenters. The molecule has 79 valence electrons. The first-order chi connectivity index (χ1) is 6.60. The predicted molar refractivity (Wildman–Crippen MR) is 50.0 cm³/mol. The van der Waals surface area contributed by atoms with Crippen LogP contribution >= 0.6 is 0 Å². The van der Waals surface area contributed by atoms with Crippen LogP contribution in [0.2, 0.25) is 0 Å². The molecule has 0 aromatic carbocycles. The molecule has 0 saturated heterocycles. The van der Waals surface area contributed by atoms with Crippen molar-refractivity contribution >= 4 is 12.1 Å². The number of hydrogen-bond donors (Lipinski definition) is 1. The van der Waals surface area contributed by atoms with Crippen molar-refractivity contribution in [3.8, 4) is 0 Å². The van der Waals surface area contributed by atoms with E-state index in [0.717, 1.165) is 6.08 Å². The van der Waals surface area contributed by atoms with Crippen LogP contribution in [0.25, 0.3) is 0 Å². The van der Waals surface area contributed by atoms with Crippen LogP contribution in [0.15, 0.2) is 12.7 Å². The molecule has 0 fully saturated rings. The molecule has 1 atom stereocenters. The number of hydrogen-bond acceptors (Lipinski definition) is 4. The number of alkyl carbamates (subject to hydrolysis) is 1. The Morgan fingerprint density at radius 1 is 1.57 bits per heavy atom. The molecule has 5 heteroatoms. The number of esters is 1. The van der Waals surface area contributed by atoms with E-state index in [1.54, 1.807) is 0 Å². The van der Waals surface area contributed by atoms with Crippen LogP contribution in [0.5, 0.6) is 0 Å². The molecule has 0 aromatic heterocycles. The Kier molecular flexibility index (Phi) is 6.19. The molecule has 0 aromatic rings. The van der Waals surface area contributed by atoms with Gasteiger partial charge in [-0.25, -0.2) is 9.59 Å². The fourth-order valence-electron chi connectivity index (χ4n) is 0.611. The summed E-state index contributed by atoms with van der Waals surface area (Å²) in [5, 5.41) is 2.30. The number of carbonyl (C=O) groups is 2. The minimum Gasteiger partial charge on any atom is -0.442 e. The third kappa shape index (κ3) is 6.05. The Bertz CT molecular complexity index is 215. The standard InChI is InChI=1S/C9H14NO4/c1-4-6-13-9(12)10-7(3)14-8(11)5-2/h5-7H,2,4H2,1,3H3,(H,10,12). The fourth-order valence-corrected chi connectivity index (χ4v) is 0.611. The van der Waals surface area contributed by atoms with E-state index < -0.39 is 18.3 Å². The summed E-state index contributed by atoms with van der Waals surface area (Å²) in [4.78, 5) is 21.6. The SMILES string of the molecule is C=CC(=O)OC(C)NC(=O)O[CH]CC. The summed E-state index contributed by atoms with van der Waals surface area (Å²) in [5.74, 6) is -0.600. The minimum absolute atomic E-state index is 0.600.